The summed E-state index contributed by atoms with van der Waals surface area (Å²) >= 11 is 6.20. The Balaban J connectivity index is 1.29. The first-order valence-corrected chi connectivity index (χ1v) is 16.8. The largest absolute Gasteiger partial charge is 0.451 e. The van der Waals surface area contributed by atoms with Gasteiger partial charge in [0.15, 0.2) is 0 Å². The Morgan fingerprint density at radius 3 is 2.47 bits per heavy atom. The fourth-order valence-corrected chi connectivity index (χ4v) is 6.52. The minimum absolute atomic E-state index is 0.0306. The number of carbonyl (C=O) groups excluding carboxylic acids is 4. The molecule has 2 aliphatic heterocycles. The molecule has 0 radical (unpaired) electrons. The van der Waals surface area contributed by atoms with Crippen LogP contribution in [0.2, 0.25) is 5.02 Å². The van der Waals surface area contributed by atoms with Crippen molar-refractivity contribution in [3.05, 3.63) is 64.7 Å². The predicted molar refractivity (Wildman–Crippen MR) is 177 cm³/mol. The smallest absolute Gasteiger partial charge is 0.316 e. The first-order chi connectivity index (χ1) is 22.3. The highest BCUT2D eigenvalue weighted by atomic mass is 35.5. The number of piperazine rings is 1. The Kier molecular flexibility index (Phi) is 10.8. The molecule has 2 aromatic rings. The second-order valence-corrected chi connectivity index (χ2v) is 14.1. The van der Waals surface area contributed by atoms with Crippen molar-refractivity contribution in [2.75, 3.05) is 33.2 Å². The van der Waals surface area contributed by atoms with Crippen LogP contribution in [0.4, 0.5) is 4.39 Å². The topological polar surface area (TPSA) is 111 Å². The summed E-state index contributed by atoms with van der Waals surface area (Å²) in [7, 11) is 2.05. The molecule has 47 heavy (non-hydrogen) atoms. The van der Waals surface area contributed by atoms with Crippen molar-refractivity contribution in [2.24, 2.45) is 5.92 Å². The van der Waals surface area contributed by atoms with Crippen LogP contribution in [0.3, 0.4) is 0 Å². The Labute approximate surface area is 280 Å². The molecule has 2 N–H and O–H groups in total. The number of alkyl halides is 1. The number of carbonyl (C=O) groups is 4. The van der Waals surface area contributed by atoms with Gasteiger partial charge in [0.05, 0.1) is 11.6 Å². The Hall–Kier alpha value is -3.70. The zero-order valence-electron chi connectivity index (χ0n) is 27.5. The van der Waals surface area contributed by atoms with Crippen LogP contribution in [0.15, 0.2) is 48.5 Å². The fraction of sp³-hybridized carbons (Fsp3) is 0.543. The predicted octanol–water partition coefficient (Wildman–Crippen LogP) is 4.33. The van der Waals surface area contributed by atoms with E-state index in [2.05, 4.69) is 34.7 Å². The number of benzene rings is 2. The van der Waals surface area contributed by atoms with Gasteiger partial charge < -0.3 is 25.2 Å². The molecule has 3 aliphatic rings. The number of hydrogen-bond donors (Lipinski definition) is 2. The number of likely N-dealkylation sites (N-methyl/N-ethyl adjacent to an activating group) is 1. The van der Waals surface area contributed by atoms with Gasteiger partial charge in [-0.05, 0) is 75.8 Å². The average Bonchev–Trinajstić information content (AvgIpc) is 3.56. The van der Waals surface area contributed by atoms with Gasteiger partial charge in [0.1, 0.15) is 17.8 Å². The summed E-state index contributed by atoms with van der Waals surface area (Å²) in [5.41, 5.74) is 0.580. The van der Waals surface area contributed by atoms with Gasteiger partial charge in [0.2, 0.25) is 11.8 Å². The van der Waals surface area contributed by atoms with Crippen LogP contribution in [0, 0.1) is 5.92 Å². The monoisotopic (exact) mass is 669 g/mol. The molecule has 1 saturated carbocycles. The van der Waals surface area contributed by atoms with Crippen LogP contribution in [0.5, 0.6) is 5.75 Å². The van der Waals surface area contributed by atoms with Crippen LogP contribution in [0.25, 0.3) is 0 Å². The Morgan fingerprint density at radius 1 is 1.06 bits per heavy atom. The summed E-state index contributed by atoms with van der Waals surface area (Å²) in [6.07, 6.45) is 0.680. The van der Waals surface area contributed by atoms with E-state index >= 15 is 0 Å². The highest BCUT2D eigenvalue weighted by Gasteiger charge is 2.42. The third kappa shape index (κ3) is 8.43. The molecular weight excluding hydrogens is 625 g/mol. The molecule has 1 unspecified atom stereocenters. The number of halogens is 2. The Bertz CT molecular complexity index is 1470. The zero-order chi connectivity index (χ0) is 33.9. The number of rotatable bonds is 11. The molecule has 4 atom stereocenters. The first kappa shape index (κ1) is 34.6. The number of nitrogens with zero attached hydrogens (tertiary/aromatic N) is 3. The van der Waals surface area contributed by atoms with E-state index in [0.29, 0.717) is 45.4 Å². The van der Waals surface area contributed by atoms with Crippen molar-refractivity contribution in [3.8, 4) is 5.75 Å². The summed E-state index contributed by atoms with van der Waals surface area (Å²) in [4.78, 5) is 59.8. The number of nitrogens with one attached hydrogen (secondary N) is 2. The van der Waals surface area contributed by atoms with Gasteiger partial charge in [-0.2, -0.15) is 4.39 Å². The summed E-state index contributed by atoms with van der Waals surface area (Å²) in [5.74, 6) is -2.21. The van der Waals surface area contributed by atoms with E-state index in [-0.39, 0.29) is 40.1 Å². The molecule has 5 rings (SSSR count). The van der Waals surface area contributed by atoms with Crippen molar-refractivity contribution < 1.29 is 28.3 Å². The second-order valence-electron chi connectivity index (χ2n) is 13.7. The fourth-order valence-electron chi connectivity index (χ4n) is 6.35. The van der Waals surface area contributed by atoms with E-state index in [9.17, 15) is 23.6 Å². The Morgan fingerprint density at radius 2 is 1.79 bits per heavy atom. The minimum atomic E-state index is -2.35. The van der Waals surface area contributed by atoms with E-state index in [1.54, 1.807) is 4.90 Å². The molecule has 2 heterocycles. The van der Waals surface area contributed by atoms with E-state index < -0.39 is 35.8 Å². The second kappa shape index (κ2) is 14.6. The van der Waals surface area contributed by atoms with Crippen LogP contribution in [-0.4, -0.2) is 95.5 Å². The zero-order valence-corrected chi connectivity index (χ0v) is 28.3. The van der Waals surface area contributed by atoms with Crippen molar-refractivity contribution in [1.29, 1.82) is 0 Å². The first-order valence-electron chi connectivity index (χ1n) is 16.4. The summed E-state index contributed by atoms with van der Waals surface area (Å²) in [6, 6.07) is 12.6. The van der Waals surface area contributed by atoms with Gasteiger partial charge in [0.25, 0.3) is 11.8 Å². The summed E-state index contributed by atoms with van der Waals surface area (Å²) in [5, 5.41) is 5.62. The SMILES string of the molecule is CC(C)C[C@@H](NC(=O)c1cc(Cl)ccc1OC(F)C(=O)NC1(C)CC1)C(=O)N1CCC[C@@H]1C(=O)N1CCN(C)[C@@H](c2ccccc2)C1. The summed E-state index contributed by atoms with van der Waals surface area (Å²) in [6.45, 7) is 7.89. The highest BCUT2D eigenvalue weighted by Crippen LogP contribution is 2.35. The van der Waals surface area contributed by atoms with Crippen LogP contribution < -0.4 is 15.4 Å². The van der Waals surface area contributed by atoms with Crippen molar-refractivity contribution >= 4 is 35.2 Å². The minimum Gasteiger partial charge on any atom is -0.451 e. The van der Waals surface area contributed by atoms with E-state index in [4.69, 9.17) is 16.3 Å². The number of hydrogen-bond acceptors (Lipinski definition) is 6. The third-order valence-electron chi connectivity index (χ3n) is 9.32. The van der Waals surface area contributed by atoms with Gasteiger partial charge in [-0.3, -0.25) is 24.1 Å². The molecule has 1 aliphatic carbocycles. The van der Waals surface area contributed by atoms with Gasteiger partial charge >= 0.3 is 6.36 Å². The van der Waals surface area contributed by atoms with Gasteiger partial charge in [-0.25, -0.2) is 0 Å². The van der Waals surface area contributed by atoms with Crippen molar-refractivity contribution in [1.82, 2.24) is 25.3 Å². The number of ether oxygens (including phenoxy) is 1. The number of likely N-dealkylation sites (tertiary alicyclic amines) is 1. The maximum atomic E-state index is 14.9. The highest BCUT2D eigenvalue weighted by molar-refractivity contribution is 6.31. The van der Waals surface area contributed by atoms with E-state index in [0.717, 1.165) is 18.4 Å². The van der Waals surface area contributed by atoms with Crippen LogP contribution >= 0.6 is 11.6 Å². The van der Waals surface area contributed by atoms with Gasteiger partial charge in [0, 0.05) is 36.7 Å². The molecule has 3 fully saturated rings. The standard InChI is InChI=1S/C35H45ClFN5O5/c1-22(2)19-26(38-31(43)25-20-24(36)12-13-29(25)47-30(37)32(44)39-35(3)14-15-35)33(45)42-16-8-11-27(42)34(46)41-18-17-40(4)28(21-41)23-9-6-5-7-10-23/h5-7,9-10,12-13,20,22,26-28,30H,8,11,14-19,21H2,1-4H3,(H,38,43)(H,39,44)/t26-,27-,28-,30?/m1/s1. The van der Waals surface area contributed by atoms with Gasteiger partial charge in [-0.15, -0.1) is 0 Å². The molecular formula is C35H45ClFN5O5. The number of amides is 4. The molecule has 0 spiro atoms. The lowest BCUT2D eigenvalue weighted by Gasteiger charge is -2.41. The normalized spacial score (nSPS) is 22.0. The summed E-state index contributed by atoms with van der Waals surface area (Å²) < 4.78 is 20.2. The van der Waals surface area contributed by atoms with Gasteiger partial charge in [-0.1, -0.05) is 55.8 Å². The quantitative estimate of drug-likeness (QED) is 0.369. The molecule has 2 saturated heterocycles. The molecule has 254 valence electrons. The molecule has 4 amide bonds. The van der Waals surface area contributed by atoms with E-state index in [1.807, 2.05) is 43.9 Å². The lowest BCUT2D eigenvalue weighted by molar-refractivity contribution is -0.146. The molecule has 0 bridgehead atoms. The lowest BCUT2D eigenvalue weighted by Crippen LogP contribution is -2.57. The van der Waals surface area contributed by atoms with Crippen LogP contribution in [0.1, 0.15) is 74.8 Å². The average molecular weight is 670 g/mol. The molecule has 0 aromatic heterocycles. The van der Waals surface area contributed by atoms with Crippen molar-refractivity contribution in [2.45, 2.75) is 82.9 Å². The third-order valence-corrected chi connectivity index (χ3v) is 9.56. The maximum absolute atomic E-state index is 14.9. The van der Waals surface area contributed by atoms with E-state index in [1.165, 1.54) is 18.2 Å². The molecule has 10 nitrogen and oxygen atoms in total. The lowest BCUT2D eigenvalue weighted by atomic mass is 10.0. The molecule has 12 heteroatoms. The maximum Gasteiger partial charge on any atom is 0.316 e. The van der Waals surface area contributed by atoms with Crippen molar-refractivity contribution in [3.63, 3.8) is 0 Å². The molecule has 2 aromatic carbocycles. The van der Waals surface area contributed by atoms with Crippen LogP contribution in [-0.2, 0) is 14.4 Å².